The Kier molecular flexibility index (Phi) is 9.89. The zero-order chi connectivity index (χ0) is 30.2. The number of imide groups is 1. The Morgan fingerprint density at radius 3 is 2.05 bits per heavy atom. The number of nitrogens with zero attached hydrogens (tertiary/aromatic N) is 3. The molecular weight excluding hydrogens is 540 g/mol. The van der Waals surface area contributed by atoms with E-state index in [0.717, 1.165) is 86.1 Å². The van der Waals surface area contributed by atoms with E-state index < -0.39 is 6.09 Å². The van der Waals surface area contributed by atoms with Gasteiger partial charge in [-0.25, -0.2) is 4.79 Å². The number of unbranched alkanes of at least 4 members (excludes halogenated alkanes) is 2. The highest BCUT2D eigenvalue weighted by Gasteiger charge is 2.36. The van der Waals surface area contributed by atoms with E-state index in [9.17, 15) is 14.4 Å². The fraction of sp³-hybridized carbons (Fsp3) is 0.400. The lowest BCUT2D eigenvalue weighted by Gasteiger charge is -2.32. The molecule has 5 rings (SSSR count). The minimum atomic E-state index is -0.398. The Balaban J connectivity index is 0.960. The van der Waals surface area contributed by atoms with Crippen molar-refractivity contribution < 1.29 is 23.6 Å². The number of para-hydroxylation sites is 1. The molecule has 0 radical (unpaired) electrons. The van der Waals surface area contributed by atoms with Crippen LogP contribution in [0, 0.1) is 0 Å². The van der Waals surface area contributed by atoms with Crippen LogP contribution in [0.5, 0.6) is 0 Å². The molecule has 8 nitrogen and oxygen atoms in total. The molecule has 0 spiro atoms. The minimum Gasteiger partial charge on any atom is -0.446 e. The number of anilines is 1. The van der Waals surface area contributed by atoms with Gasteiger partial charge in [-0.15, -0.1) is 0 Å². The summed E-state index contributed by atoms with van der Waals surface area (Å²) in [6.45, 7) is 5.09. The quantitative estimate of drug-likeness (QED) is 0.163. The highest BCUT2D eigenvalue weighted by atomic mass is 16.6. The SMILES string of the molecule is C[N+](C)(CCCCCN1CCC(OC(=O)Nc2ccccc2-c2ccccc2)CC1)CCN1C(=O)c2ccccc2C1=O. The molecule has 0 aromatic heterocycles. The van der Waals surface area contributed by atoms with Crippen molar-refractivity contribution in [3.8, 4) is 11.1 Å². The molecule has 8 heteroatoms. The zero-order valence-electron chi connectivity index (χ0n) is 25.3. The van der Waals surface area contributed by atoms with Crippen molar-refractivity contribution in [1.82, 2.24) is 9.80 Å². The number of amides is 3. The number of likely N-dealkylation sites (tertiary alicyclic amines) is 1. The number of piperidine rings is 1. The van der Waals surface area contributed by atoms with E-state index in [4.69, 9.17) is 4.74 Å². The van der Waals surface area contributed by atoms with Crippen molar-refractivity contribution in [2.75, 3.05) is 58.7 Å². The van der Waals surface area contributed by atoms with Gasteiger partial charge in [0, 0.05) is 18.7 Å². The number of hydrogen-bond donors (Lipinski definition) is 1. The third-order valence-corrected chi connectivity index (χ3v) is 8.60. The van der Waals surface area contributed by atoms with E-state index in [1.165, 1.54) is 4.90 Å². The van der Waals surface area contributed by atoms with Gasteiger partial charge in [0.2, 0.25) is 0 Å². The molecular formula is C35H43N4O4+. The highest BCUT2D eigenvalue weighted by molar-refractivity contribution is 6.21. The number of nitrogens with one attached hydrogen (secondary N) is 1. The van der Waals surface area contributed by atoms with Gasteiger partial charge in [-0.05, 0) is 62.4 Å². The molecule has 3 aromatic rings. The van der Waals surface area contributed by atoms with Crippen LogP contribution in [-0.4, -0.2) is 91.7 Å². The van der Waals surface area contributed by atoms with Crippen molar-refractivity contribution in [2.45, 2.75) is 38.2 Å². The summed E-state index contributed by atoms with van der Waals surface area (Å²) in [6.07, 6.45) is 4.57. The van der Waals surface area contributed by atoms with Gasteiger partial charge >= 0.3 is 6.09 Å². The van der Waals surface area contributed by atoms with Crippen LogP contribution in [0.3, 0.4) is 0 Å². The molecule has 0 aliphatic carbocycles. The summed E-state index contributed by atoms with van der Waals surface area (Å²) in [7, 11) is 4.33. The Morgan fingerprint density at radius 1 is 0.767 bits per heavy atom. The Bertz CT molecular complexity index is 1380. The molecule has 0 unspecified atom stereocenters. The summed E-state index contributed by atoms with van der Waals surface area (Å²) in [4.78, 5) is 41.8. The van der Waals surface area contributed by atoms with Gasteiger partial charge in [-0.2, -0.15) is 0 Å². The Hall–Kier alpha value is -4.01. The van der Waals surface area contributed by atoms with Crippen LogP contribution in [0.4, 0.5) is 10.5 Å². The number of likely N-dealkylation sites (N-methyl/N-ethyl adjacent to an activating group) is 1. The third-order valence-electron chi connectivity index (χ3n) is 8.60. The normalized spacial score (nSPS) is 15.9. The first-order valence-corrected chi connectivity index (χ1v) is 15.4. The fourth-order valence-electron chi connectivity index (χ4n) is 5.98. The predicted molar refractivity (Wildman–Crippen MR) is 169 cm³/mol. The smallest absolute Gasteiger partial charge is 0.411 e. The second-order valence-corrected chi connectivity index (χ2v) is 12.2. The second kappa shape index (κ2) is 14.0. The summed E-state index contributed by atoms with van der Waals surface area (Å²) < 4.78 is 6.55. The second-order valence-electron chi connectivity index (χ2n) is 12.2. The molecule has 0 atom stereocenters. The number of quaternary nitrogens is 1. The van der Waals surface area contributed by atoms with Crippen LogP contribution in [0.25, 0.3) is 11.1 Å². The number of rotatable bonds is 12. The van der Waals surface area contributed by atoms with Gasteiger partial charge < -0.3 is 14.1 Å². The van der Waals surface area contributed by atoms with Gasteiger partial charge in [-0.1, -0.05) is 60.7 Å². The highest BCUT2D eigenvalue weighted by Crippen LogP contribution is 2.28. The summed E-state index contributed by atoms with van der Waals surface area (Å²) in [5.74, 6) is -0.354. The van der Waals surface area contributed by atoms with Crippen molar-refractivity contribution in [1.29, 1.82) is 0 Å². The molecule has 0 saturated carbocycles. The molecule has 2 aliphatic rings. The fourth-order valence-corrected chi connectivity index (χ4v) is 5.98. The third kappa shape index (κ3) is 7.89. The lowest BCUT2D eigenvalue weighted by molar-refractivity contribution is -0.889. The molecule has 1 saturated heterocycles. The van der Waals surface area contributed by atoms with Gasteiger partial charge in [0.15, 0.2) is 0 Å². The maximum Gasteiger partial charge on any atom is 0.411 e. The van der Waals surface area contributed by atoms with Gasteiger partial charge in [0.25, 0.3) is 11.8 Å². The van der Waals surface area contributed by atoms with E-state index in [1.54, 1.807) is 24.3 Å². The lowest BCUT2D eigenvalue weighted by atomic mass is 10.0. The summed E-state index contributed by atoms with van der Waals surface area (Å²) in [5, 5.41) is 2.95. The number of benzene rings is 3. The standard InChI is InChI=1S/C35H42N4O4/c1-39(2,26-24-38-33(40)30-16-7-8-17-31(30)34(38)41)25-12-4-11-21-37-22-19-28(20-23-37)43-35(42)36-32-18-10-9-15-29(32)27-13-5-3-6-14-27/h3,5-10,13-18,28H,4,11-12,19-26H2,1-2H3/p+1. The van der Waals surface area contributed by atoms with E-state index in [0.29, 0.717) is 17.7 Å². The van der Waals surface area contributed by atoms with Crippen LogP contribution in [-0.2, 0) is 4.74 Å². The van der Waals surface area contributed by atoms with Gasteiger partial charge in [0.1, 0.15) is 6.10 Å². The molecule has 2 heterocycles. The molecule has 2 aliphatic heterocycles. The first kappa shape index (κ1) is 30.4. The molecule has 1 fully saturated rings. The van der Waals surface area contributed by atoms with E-state index >= 15 is 0 Å². The maximum atomic E-state index is 12.7. The molecule has 3 amide bonds. The van der Waals surface area contributed by atoms with Crippen LogP contribution in [0.2, 0.25) is 0 Å². The average Bonchev–Trinajstić information content (AvgIpc) is 3.26. The van der Waals surface area contributed by atoms with Crippen molar-refractivity contribution in [2.24, 2.45) is 0 Å². The largest absolute Gasteiger partial charge is 0.446 e. The molecule has 226 valence electrons. The molecule has 3 aromatic carbocycles. The van der Waals surface area contributed by atoms with Crippen LogP contribution in [0.1, 0.15) is 52.8 Å². The minimum absolute atomic E-state index is 0.0691. The van der Waals surface area contributed by atoms with E-state index in [-0.39, 0.29) is 17.9 Å². The molecule has 43 heavy (non-hydrogen) atoms. The topological polar surface area (TPSA) is 79.0 Å². The average molecular weight is 584 g/mol. The number of carbonyl (C=O) groups is 3. The first-order chi connectivity index (χ1) is 20.8. The van der Waals surface area contributed by atoms with Crippen molar-refractivity contribution >= 4 is 23.6 Å². The number of ether oxygens (including phenoxy) is 1. The maximum absolute atomic E-state index is 12.7. The van der Waals surface area contributed by atoms with Crippen LogP contribution >= 0.6 is 0 Å². The summed E-state index contributed by atoms with van der Waals surface area (Å²) in [5.41, 5.74) is 3.81. The van der Waals surface area contributed by atoms with Crippen LogP contribution < -0.4 is 5.32 Å². The lowest BCUT2D eigenvalue weighted by Crippen LogP contribution is -2.47. The van der Waals surface area contributed by atoms with Crippen molar-refractivity contribution in [3.05, 3.63) is 90.0 Å². The summed E-state index contributed by atoms with van der Waals surface area (Å²) in [6, 6.07) is 24.9. The number of fused-ring (bicyclic) bond motifs is 1. The molecule has 1 N–H and O–H groups in total. The van der Waals surface area contributed by atoms with Crippen molar-refractivity contribution in [3.63, 3.8) is 0 Å². The number of carbonyl (C=O) groups excluding carboxylic acids is 3. The van der Waals surface area contributed by atoms with E-state index in [1.807, 2.05) is 54.6 Å². The van der Waals surface area contributed by atoms with E-state index in [2.05, 4.69) is 24.3 Å². The Labute approximate surface area is 254 Å². The summed E-state index contributed by atoms with van der Waals surface area (Å²) >= 11 is 0. The predicted octanol–water partition coefficient (Wildman–Crippen LogP) is 5.91. The number of hydrogen-bond acceptors (Lipinski definition) is 5. The zero-order valence-corrected chi connectivity index (χ0v) is 25.3. The monoisotopic (exact) mass is 583 g/mol. The first-order valence-electron chi connectivity index (χ1n) is 15.4. The van der Waals surface area contributed by atoms with Gasteiger partial charge in [-0.3, -0.25) is 19.8 Å². The van der Waals surface area contributed by atoms with Crippen LogP contribution in [0.15, 0.2) is 78.9 Å². The van der Waals surface area contributed by atoms with Gasteiger partial charge in [0.05, 0.1) is 50.5 Å². The Morgan fingerprint density at radius 2 is 1.37 bits per heavy atom. The molecule has 0 bridgehead atoms.